The molecule has 0 radical (unpaired) electrons. The van der Waals surface area contributed by atoms with Crippen LogP contribution in [-0.2, 0) is 14.9 Å². The molecule has 1 aliphatic heterocycles. The highest BCUT2D eigenvalue weighted by Crippen LogP contribution is 2.37. The van der Waals surface area contributed by atoms with Crippen molar-refractivity contribution in [1.82, 2.24) is 4.90 Å². The van der Waals surface area contributed by atoms with Crippen LogP contribution >= 0.6 is 35.0 Å². The second-order valence-corrected chi connectivity index (χ2v) is 11.7. The summed E-state index contributed by atoms with van der Waals surface area (Å²) in [5, 5.41) is 1.78. The summed E-state index contributed by atoms with van der Waals surface area (Å²) >= 11 is 12.7. The minimum Gasteiger partial charge on any atom is -0.490 e. The SMILES string of the molecule is O=C1S/C(=C\c2c(OS(=O)(=O)c3ccc(Cl)cc3)ccc3ccccc23)C(=O)N1CCOc1ccccc1Cl. The van der Waals surface area contributed by atoms with Crippen molar-refractivity contribution in [2.45, 2.75) is 4.90 Å². The molecule has 198 valence electrons. The Kier molecular flexibility index (Phi) is 7.86. The summed E-state index contributed by atoms with van der Waals surface area (Å²) in [7, 11) is -4.22. The Bertz CT molecular complexity index is 1720. The number of benzene rings is 4. The quantitative estimate of drug-likeness (QED) is 0.158. The third kappa shape index (κ3) is 5.91. The van der Waals surface area contributed by atoms with Crippen LogP contribution in [0.4, 0.5) is 4.79 Å². The predicted molar refractivity (Wildman–Crippen MR) is 153 cm³/mol. The van der Waals surface area contributed by atoms with E-state index in [1.165, 1.54) is 36.4 Å². The molecule has 2 amide bonds. The summed E-state index contributed by atoms with van der Waals surface area (Å²) in [5.41, 5.74) is 0.350. The fraction of sp³-hybridized carbons (Fsp3) is 0.0714. The normalized spacial score (nSPS) is 14.8. The van der Waals surface area contributed by atoms with Crippen molar-refractivity contribution in [3.63, 3.8) is 0 Å². The van der Waals surface area contributed by atoms with Crippen LogP contribution in [0.25, 0.3) is 16.8 Å². The van der Waals surface area contributed by atoms with Crippen molar-refractivity contribution in [1.29, 1.82) is 0 Å². The minimum atomic E-state index is -4.22. The maximum Gasteiger partial charge on any atom is 0.339 e. The van der Waals surface area contributed by atoms with Gasteiger partial charge >= 0.3 is 10.1 Å². The van der Waals surface area contributed by atoms with Gasteiger partial charge in [0.25, 0.3) is 11.1 Å². The van der Waals surface area contributed by atoms with Crippen molar-refractivity contribution in [3.05, 3.63) is 105 Å². The maximum absolute atomic E-state index is 13.2. The lowest BCUT2D eigenvalue weighted by Crippen LogP contribution is -2.32. The van der Waals surface area contributed by atoms with Crippen LogP contribution in [0.3, 0.4) is 0 Å². The van der Waals surface area contributed by atoms with E-state index < -0.39 is 21.3 Å². The number of thioether (sulfide) groups is 1. The van der Waals surface area contributed by atoms with Gasteiger partial charge in [-0.2, -0.15) is 8.42 Å². The number of imide groups is 1. The van der Waals surface area contributed by atoms with Gasteiger partial charge in [-0.05, 0) is 71.1 Å². The molecule has 0 N–H and O–H groups in total. The van der Waals surface area contributed by atoms with E-state index in [1.54, 1.807) is 42.5 Å². The number of amides is 2. The Morgan fingerprint density at radius 2 is 1.56 bits per heavy atom. The highest BCUT2D eigenvalue weighted by molar-refractivity contribution is 8.18. The first kappa shape index (κ1) is 27.1. The molecule has 7 nitrogen and oxygen atoms in total. The number of halogens is 2. The summed E-state index contributed by atoms with van der Waals surface area (Å²) in [6, 6.07) is 23.0. The molecule has 0 aliphatic carbocycles. The molecule has 5 rings (SSSR count). The molecule has 1 fully saturated rings. The van der Waals surface area contributed by atoms with Gasteiger partial charge in [0.15, 0.2) is 5.75 Å². The van der Waals surface area contributed by atoms with Gasteiger partial charge in [0.05, 0.1) is 16.5 Å². The van der Waals surface area contributed by atoms with E-state index in [0.29, 0.717) is 26.7 Å². The lowest BCUT2D eigenvalue weighted by atomic mass is 10.0. The lowest BCUT2D eigenvalue weighted by molar-refractivity contribution is -0.123. The molecule has 4 aromatic rings. The monoisotopic (exact) mass is 599 g/mol. The molecule has 0 spiro atoms. The van der Waals surface area contributed by atoms with Crippen molar-refractivity contribution < 1.29 is 26.9 Å². The van der Waals surface area contributed by atoms with E-state index >= 15 is 0 Å². The summed E-state index contributed by atoms with van der Waals surface area (Å²) in [5.74, 6) is -0.0641. The third-order valence-electron chi connectivity index (χ3n) is 5.79. The van der Waals surface area contributed by atoms with Crippen molar-refractivity contribution >= 4 is 73.1 Å². The van der Waals surface area contributed by atoms with Crippen molar-refractivity contribution in [3.8, 4) is 11.5 Å². The lowest BCUT2D eigenvalue weighted by Gasteiger charge is -2.14. The maximum atomic E-state index is 13.2. The molecule has 1 aliphatic rings. The molecule has 0 bridgehead atoms. The molecule has 0 unspecified atom stereocenters. The molecule has 1 saturated heterocycles. The Labute approximate surface area is 239 Å². The predicted octanol–water partition coefficient (Wildman–Crippen LogP) is 7.03. The summed E-state index contributed by atoms with van der Waals surface area (Å²) < 4.78 is 37.2. The molecular formula is C28H19Cl2NO6S2. The first-order valence-corrected chi connectivity index (χ1v) is 14.6. The highest BCUT2D eigenvalue weighted by atomic mass is 35.5. The topological polar surface area (TPSA) is 90.0 Å². The molecule has 1 heterocycles. The highest BCUT2D eigenvalue weighted by Gasteiger charge is 2.35. The molecule has 11 heteroatoms. The Morgan fingerprint density at radius 3 is 2.33 bits per heavy atom. The second-order valence-electron chi connectivity index (χ2n) is 8.30. The van der Waals surface area contributed by atoms with Crippen LogP contribution in [-0.4, -0.2) is 37.6 Å². The summed E-state index contributed by atoms with van der Waals surface area (Å²) in [6.07, 6.45) is 1.48. The summed E-state index contributed by atoms with van der Waals surface area (Å²) in [4.78, 5) is 27.0. The van der Waals surface area contributed by atoms with Crippen LogP contribution in [0.5, 0.6) is 11.5 Å². The number of carbonyl (C=O) groups excluding carboxylic acids is 2. The standard InChI is InChI=1S/C28H19Cl2NO6S2/c29-19-10-12-20(13-11-19)39(34,35)37-24-14-9-18-5-1-2-6-21(18)22(24)17-26-27(32)31(28(33)38-26)15-16-36-25-8-4-3-7-23(25)30/h1-14,17H,15-16H2/b26-17-. The first-order chi connectivity index (χ1) is 18.7. The molecule has 0 aromatic heterocycles. The third-order valence-corrected chi connectivity index (χ3v) is 8.51. The van der Waals surface area contributed by atoms with Gasteiger partial charge in [0.1, 0.15) is 17.3 Å². The van der Waals surface area contributed by atoms with E-state index in [4.69, 9.17) is 32.1 Å². The molecule has 39 heavy (non-hydrogen) atoms. The van der Waals surface area contributed by atoms with E-state index in [-0.39, 0.29) is 28.7 Å². The van der Waals surface area contributed by atoms with Gasteiger partial charge in [-0.15, -0.1) is 0 Å². The molecule has 0 atom stereocenters. The first-order valence-electron chi connectivity index (χ1n) is 11.6. The molecule has 4 aromatic carbocycles. The van der Waals surface area contributed by atoms with Gasteiger partial charge in [0, 0.05) is 10.6 Å². The van der Waals surface area contributed by atoms with Crippen molar-refractivity contribution in [2.75, 3.05) is 13.2 Å². The number of ether oxygens (including phenoxy) is 1. The second kappa shape index (κ2) is 11.3. The zero-order valence-electron chi connectivity index (χ0n) is 20.0. The average Bonchev–Trinajstić information content (AvgIpc) is 3.18. The van der Waals surface area contributed by atoms with E-state index in [2.05, 4.69) is 0 Å². The summed E-state index contributed by atoms with van der Waals surface area (Å²) in [6.45, 7) is 0.0636. The van der Waals surface area contributed by atoms with Gasteiger partial charge in [-0.3, -0.25) is 14.5 Å². The number of fused-ring (bicyclic) bond motifs is 1. The van der Waals surface area contributed by atoms with Gasteiger partial charge < -0.3 is 8.92 Å². The number of carbonyl (C=O) groups is 2. The van der Waals surface area contributed by atoms with Crippen LogP contribution in [0.2, 0.25) is 10.0 Å². The Morgan fingerprint density at radius 1 is 0.846 bits per heavy atom. The van der Waals surface area contributed by atoms with Crippen molar-refractivity contribution in [2.24, 2.45) is 0 Å². The zero-order chi connectivity index (χ0) is 27.6. The van der Waals surface area contributed by atoms with Gasteiger partial charge in [0.2, 0.25) is 0 Å². The van der Waals surface area contributed by atoms with E-state index in [9.17, 15) is 18.0 Å². The molecular weight excluding hydrogens is 581 g/mol. The average molecular weight is 601 g/mol. The van der Waals surface area contributed by atoms with E-state index in [1.807, 2.05) is 12.1 Å². The number of hydrogen-bond acceptors (Lipinski definition) is 7. The largest absolute Gasteiger partial charge is 0.490 e. The van der Waals surface area contributed by atoms with Gasteiger partial charge in [-0.1, -0.05) is 65.7 Å². The van der Waals surface area contributed by atoms with Crippen LogP contribution in [0.15, 0.2) is 94.7 Å². The molecule has 0 saturated carbocycles. The fourth-order valence-corrected chi connectivity index (χ4v) is 6.01. The number of nitrogens with zero attached hydrogens (tertiary/aromatic N) is 1. The number of hydrogen-bond donors (Lipinski definition) is 0. The number of rotatable bonds is 8. The zero-order valence-corrected chi connectivity index (χ0v) is 23.2. The Hall–Kier alpha value is -3.50. The van der Waals surface area contributed by atoms with Crippen LogP contribution < -0.4 is 8.92 Å². The number of para-hydroxylation sites is 1. The fourth-order valence-electron chi connectivity index (χ4n) is 3.90. The Balaban J connectivity index is 1.44. The van der Waals surface area contributed by atoms with Gasteiger partial charge in [-0.25, -0.2) is 0 Å². The van der Waals surface area contributed by atoms with Crippen LogP contribution in [0.1, 0.15) is 5.56 Å². The van der Waals surface area contributed by atoms with E-state index in [0.717, 1.165) is 22.0 Å². The minimum absolute atomic E-state index is 0.0110. The van der Waals surface area contributed by atoms with Crippen LogP contribution in [0, 0.1) is 0 Å². The smallest absolute Gasteiger partial charge is 0.339 e.